The third-order valence-electron chi connectivity index (χ3n) is 3.17. The van der Waals surface area contributed by atoms with Crippen LogP contribution in [0.1, 0.15) is 16.2 Å². The van der Waals surface area contributed by atoms with Crippen molar-refractivity contribution in [3.63, 3.8) is 0 Å². The number of benzene rings is 2. The van der Waals surface area contributed by atoms with Crippen molar-refractivity contribution >= 4 is 40.2 Å². The van der Waals surface area contributed by atoms with Gasteiger partial charge in [-0.15, -0.1) is 0 Å². The molecule has 0 bridgehead atoms. The monoisotopic (exact) mass is 350 g/mol. The van der Waals surface area contributed by atoms with Gasteiger partial charge in [0.05, 0.1) is 0 Å². The van der Waals surface area contributed by atoms with Crippen LogP contribution in [0.15, 0.2) is 40.8 Å². The van der Waals surface area contributed by atoms with E-state index in [9.17, 15) is 9.90 Å². The summed E-state index contributed by atoms with van der Waals surface area (Å²) in [5.41, 5.74) is 1.56. The number of nitrogens with zero attached hydrogens (tertiary/aromatic N) is 1. The van der Waals surface area contributed by atoms with Gasteiger partial charge in [0.2, 0.25) is 0 Å². The van der Waals surface area contributed by atoms with E-state index in [-0.39, 0.29) is 11.7 Å². The first kappa shape index (κ1) is 15.6. The van der Waals surface area contributed by atoms with Crippen LogP contribution in [0.5, 0.6) is 5.75 Å². The molecule has 1 amide bonds. The summed E-state index contributed by atoms with van der Waals surface area (Å²) < 4.78 is 5.51. The zero-order valence-corrected chi connectivity index (χ0v) is 13.4. The van der Waals surface area contributed by atoms with E-state index in [1.165, 1.54) is 6.07 Å². The molecule has 2 N–H and O–H groups in total. The molecule has 0 aliphatic rings. The Hall–Kier alpha value is -2.24. The van der Waals surface area contributed by atoms with Gasteiger partial charge < -0.3 is 14.8 Å². The summed E-state index contributed by atoms with van der Waals surface area (Å²) in [5.74, 6) is 0.324. The summed E-state index contributed by atoms with van der Waals surface area (Å²) in [6.07, 6.45) is 0.426. The lowest BCUT2D eigenvalue weighted by molar-refractivity contribution is 0.0953. The van der Waals surface area contributed by atoms with Gasteiger partial charge in [-0.05, 0) is 30.3 Å². The minimum absolute atomic E-state index is 0.117. The summed E-state index contributed by atoms with van der Waals surface area (Å²) in [6.45, 7) is 0.349. The number of amides is 1. The van der Waals surface area contributed by atoms with E-state index in [2.05, 4.69) is 10.3 Å². The Morgan fingerprint density at radius 3 is 2.65 bits per heavy atom. The van der Waals surface area contributed by atoms with E-state index in [0.29, 0.717) is 45.6 Å². The van der Waals surface area contributed by atoms with Gasteiger partial charge in [0.15, 0.2) is 11.5 Å². The van der Waals surface area contributed by atoms with Crippen LogP contribution in [-0.2, 0) is 6.42 Å². The van der Waals surface area contributed by atoms with E-state index in [4.69, 9.17) is 27.6 Å². The van der Waals surface area contributed by atoms with Crippen molar-refractivity contribution in [1.82, 2.24) is 10.3 Å². The van der Waals surface area contributed by atoms with Crippen LogP contribution in [0, 0.1) is 0 Å². The van der Waals surface area contributed by atoms with Crippen LogP contribution in [-0.4, -0.2) is 22.5 Å². The standard InChI is InChI=1S/C16H12Cl2N2O3/c17-10-5-9(6-11(18)7-10)16(22)19-4-3-15-20-13-2-1-12(21)8-14(13)23-15/h1-2,5-8,21H,3-4H2,(H,19,22). The second kappa shape index (κ2) is 6.48. The molecule has 1 heterocycles. The van der Waals surface area contributed by atoms with Gasteiger partial charge >= 0.3 is 0 Å². The number of hydrogen-bond acceptors (Lipinski definition) is 4. The minimum atomic E-state index is -0.275. The molecule has 5 nitrogen and oxygen atoms in total. The van der Waals surface area contributed by atoms with E-state index >= 15 is 0 Å². The zero-order valence-electron chi connectivity index (χ0n) is 11.8. The van der Waals surface area contributed by atoms with Gasteiger partial charge in [-0.3, -0.25) is 4.79 Å². The first-order valence-corrected chi connectivity index (χ1v) is 7.59. The molecule has 0 fully saturated rings. The molecule has 23 heavy (non-hydrogen) atoms. The molecular formula is C16H12Cl2N2O3. The number of aromatic hydroxyl groups is 1. The van der Waals surface area contributed by atoms with Crippen molar-refractivity contribution in [3.8, 4) is 5.75 Å². The van der Waals surface area contributed by atoms with Gasteiger partial charge in [0.25, 0.3) is 5.91 Å². The highest BCUT2D eigenvalue weighted by Gasteiger charge is 2.10. The number of aromatic nitrogens is 1. The zero-order chi connectivity index (χ0) is 16.4. The van der Waals surface area contributed by atoms with Gasteiger partial charge in [-0.2, -0.15) is 0 Å². The predicted octanol–water partition coefficient (Wildman–Crippen LogP) is 3.81. The van der Waals surface area contributed by atoms with Gasteiger partial charge in [0.1, 0.15) is 11.3 Å². The number of hydrogen-bond donors (Lipinski definition) is 2. The van der Waals surface area contributed by atoms with Crippen LogP contribution in [0.4, 0.5) is 0 Å². The lowest BCUT2D eigenvalue weighted by Gasteiger charge is -2.04. The minimum Gasteiger partial charge on any atom is -0.508 e. The number of halogens is 2. The average Bonchev–Trinajstić information content (AvgIpc) is 2.87. The fraction of sp³-hybridized carbons (Fsp3) is 0.125. The Labute approximate surface area is 141 Å². The lowest BCUT2D eigenvalue weighted by Crippen LogP contribution is -2.25. The Bertz CT molecular complexity index is 857. The Morgan fingerprint density at radius 2 is 1.91 bits per heavy atom. The largest absolute Gasteiger partial charge is 0.508 e. The summed E-state index contributed by atoms with van der Waals surface area (Å²) in [6, 6.07) is 9.37. The highest BCUT2D eigenvalue weighted by atomic mass is 35.5. The van der Waals surface area contributed by atoms with Crippen molar-refractivity contribution < 1.29 is 14.3 Å². The summed E-state index contributed by atoms with van der Waals surface area (Å²) in [7, 11) is 0. The molecule has 0 saturated carbocycles. The molecule has 0 aliphatic heterocycles. The maximum atomic E-state index is 12.0. The smallest absolute Gasteiger partial charge is 0.251 e. The molecule has 0 spiro atoms. The molecular weight excluding hydrogens is 339 g/mol. The van der Waals surface area contributed by atoms with Crippen molar-refractivity contribution in [2.24, 2.45) is 0 Å². The fourth-order valence-electron chi connectivity index (χ4n) is 2.14. The molecule has 3 rings (SSSR count). The first-order chi connectivity index (χ1) is 11.0. The summed E-state index contributed by atoms with van der Waals surface area (Å²) in [4.78, 5) is 16.3. The van der Waals surface area contributed by atoms with Crippen LogP contribution in [0.3, 0.4) is 0 Å². The molecule has 0 unspecified atom stereocenters. The van der Waals surface area contributed by atoms with E-state index in [0.717, 1.165) is 0 Å². The maximum absolute atomic E-state index is 12.0. The normalized spacial score (nSPS) is 10.9. The van der Waals surface area contributed by atoms with Crippen molar-refractivity contribution in [3.05, 3.63) is 57.9 Å². The molecule has 1 aromatic heterocycles. The molecule has 0 radical (unpaired) electrons. The average molecular weight is 351 g/mol. The van der Waals surface area contributed by atoms with Crippen LogP contribution >= 0.6 is 23.2 Å². The number of carbonyl (C=O) groups excluding carboxylic acids is 1. The van der Waals surface area contributed by atoms with Crippen LogP contribution < -0.4 is 5.32 Å². The number of fused-ring (bicyclic) bond motifs is 1. The number of phenols is 1. The Morgan fingerprint density at radius 1 is 1.17 bits per heavy atom. The number of nitrogens with one attached hydrogen (secondary N) is 1. The van der Waals surface area contributed by atoms with Crippen molar-refractivity contribution in [2.45, 2.75) is 6.42 Å². The Kier molecular flexibility index (Phi) is 4.41. The highest BCUT2D eigenvalue weighted by molar-refractivity contribution is 6.35. The van der Waals surface area contributed by atoms with Crippen LogP contribution in [0.2, 0.25) is 10.0 Å². The molecule has 0 saturated heterocycles. The molecule has 0 atom stereocenters. The highest BCUT2D eigenvalue weighted by Crippen LogP contribution is 2.21. The van der Waals surface area contributed by atoms with E-state index < -0.39 is 0 Å². The molecule has 2 aromatic carbocycles. The van der Waals surface area contributed by atoms with E-state index in [1.807, 2.05) is 0 Å². The molecule has 118 valence electrons. The number of rotatable bonds is 4. The number of carbonyl (C=O) groups is 1. The van der Waals surface area contributed by atoms with Crippen molar-refractivity contribution in [1.29, 1.82) is 0 Å². The van der Waals surface area contributed by atoms with Crippen molar-refractivity contribution in [2.75, 3.05) is 6.54 Å². The third kappa shape index (κ3) is 3.75. The second-order valence-electron chi connectivity index (χ2n) is 4.92. The first-order valence-electron chi connectivity index (χ1n) is 6.84. The molecule has 3 aromatic rings. The lowest BCUT2D eigenvalue weighted by atomic mass is 10.2. The molecule has 7 heteroatoms. The summed E-state index contributed by atoms with van der Waals surface area (Å²) in [5, 5.41) is 13.0. The number of phenolic OH excluding ortho intramolecular Hbond substituents is 1. The van der Waals surface area contributed by atoms with Crippen LogP contribution in [0.25, 0.3) is 11.1 Å². The third-order valence-corrected chi connectivity index (χ3v) is 3.60. The maximum Gasteiger partial charge on any atom is 0.251 e. The predicted molar refractivity (Wildman–Crippen MR) is 88.2 cm³/mol. The van der Waals surface area contributed by atoms with Gasteiger partial charge in [0, 0.05) is 34.6 Å². The SMILES string of the molecule is O=C(NCCc1nc2ccc(O)cc2o1)c1cc(Cl)cc(Cl)c1. The Balaban J connectivity index is 1.62. The van der Waals surface area contributed by atoms with Gasteiger partial charge in [-0.1, -0.05) is 23.2 Å². The fourth-order valence-corrected chi connectivity index (χ4v) is 2.66. The molecule has 0 aliphatic carbocycles. The quantitative estimate of drug-likeness (QED) is 0.750. The van der Waals surface area contributed by atoms with Gasteiger partial charge in [-0.25, -0.2) is 4.98 Å². The second-order valence-corrected chi connectivity index (χ2v) is 5.80. The van der Waals surface area contributed by atoms with E-state index in [1.54, 1.807) is 30.3 Å². The summed E-state index contributed by atoms with van der Waals surface area (Å²) >= 11 is 11.7. The number of oxazole rings is 1. The topological polar surface area (TPSA) is 75.4 Å².